The van der Waals surface area contributed by atoms with Gasteiger partial charge in [0.1, 0.15) is 0 Å². The van der Waals surface area contributed by atoms with Crippen LogP contribution in [0.2, 0.25) is 0 Å². The highest BCUT2D eigenvalue weighted by Crippen LogP contribution is 2.43. The Kier molecular flexibility index (Phi) is 9.74. The van der Waals surface area contributed by atoms with E-state index in [-0.39, 0.29) is 18.6 Å². The first-order chi connectivity index (χ1) is 12.7. The van der Waals surface area contributed by atoms with Crippen molar-refractivity contribution in [1.82, 2.24) is 0 Å². The van der Waals surface area contributed by atoms with E-state index in [1.54, 1.807) is 23.5 Å². The van der Waals surface area contributed by atoms with Crippen molar-refractivity contribution in [2.24, 2.45) is 0 Å². The molecule has 0 bridgehead atoms. The number of rotatable bonds is 8. The van der Waals surface area contributed by atoms with E-state index < -0.39 is 0 Å². The summed E-state index contributed by atoms with van der Waals surface area (Å²) in [5.74, 6) is 1.32. The molecule has 2 aromatic carbocycles. The van der Waals surface area contributed by atoms with Gasteiger partial charge in [0.15, 0.2) is 0 Å². The minimum atomic E-state index is -0.212. The fourth-order valence-corrected chi connectivity index (χ4v) is 7.70. The summed E-state index contributed by atoms with van der Waals surface area (Å²) in [5.41, 5.74) is 2.16. The number of aliphatic hydroxyl groups excluding tert-OH is 2. The molecule has 8 heteroatoms. The molecule has 0 amide bonds. The maximum Gasteiger partial charge on any atom is 0.0525 e. The van der Waals surface area contributed by atoms with Gasteiger partial charge in [0, 0.05) is 44.6 Å². The van der Waals surface area contributed by atoms with Crippen LogP contribution in [-0.4, -0.2) is 34.9 Å². The lowest BCUT2D eigenvalue weighted by atomic mass is 9.78. The van der Waals surface area contributed by atoms with E-state index >= 15 is 0 Å². The number of hydrogen-bond acceptors (Lipinski definition) is 4. The van der Waals surface area contributed by atoms with Gasteiger partial charge < -0.3 is 10.2 Å². The maximum atomic E-state index is 9.09. The number of hydrogen-bond donors (Lipinski definition) is 2. The Balaban J connectivity index is 2.43. The van der Waals surface area contributed by atoms with Gasteiger partial charge in [-0.25, -0.2) is 0 Å². The molecule has 0 fully saturated rings. The molecular formula is C19H20Br4O2S2. The van der Waals surface area contributed by atoms with Gasteiger partial charge in [0.25, 0.3) is 0 Å². The van der Waals surface area contributed by atoms with Crippen molar-refractivity contribution in [3.8, 4) is 0 Å². The van der Waals surface area contributed by atoms with E-state index in [1.807, 2.05) is 0 Å². The zero-order valence-corrected chi connectivity index (χ0v) is 22.8. The topological polar surface area (TPSA) is 40.5 Å². The summed E-state index contributed by atoms with van der Waals surface area (Å²) in [5, 5.41) is 18.2. The molecule has 2 nitrogen and oxygen atoms in total. The summed E-state index contributed by atoms with van der Waals surface area (Å²) in [4.78, 5) is 2.20. The zero-order valence-electron chi connectivity index (χ0n) is 14.9. The molecular weight excluding hydrogens is 644 g/mol. The molecule has 0 aliphatic rings. The Hall–Kier alpha value is 0.980. The first-order valence-corrected chi connectivity index (χ1v) is 13.3. The molecule has 2 aromatic rings. The Bertz CT molecular complexity index is 701. The molecule has 0 atom stereocenters. The van der Waals surface area contributed by atoms with Crippen LogP contribution in [0, 0.1) is 0 Å². The van der Waals surface area contributed by atoms with Crippen LogP contribution in [0.15, 0.2) is 51.9 Å². The molecule has 0 aliphatic heterocycles. The van der Waals surface area contributed by atoms with Gasteiger partial charge in [-0.15, -0.1) is 23.5 Å². The Labute approximate surface area is 202 Å². The lowest BCUT2D eigenvalue weighted by molar-refractivity contribution is 0.322. The normalized spacial score (nSPS) is 11.9. The maximum absolute atomic E-state index is 9.09. The van der Waals surface area contributed by atoms with E-state index in [4.69, 9.17) is 10.2 Å². The van der Waals surface area contributed by atoms with Crippen LogP contribution in [0.25, 0.3) is 0 Å². The third kappa shape index (κ3) is 6.00. The third-order valence-corrected chi connectivity index (χ3v) is 9.90. The van der Waals surface area contributed by atoms with Crippen molar-refractivity contribution in [2.75, 3.05) is 24.7 Å². The average molecular weight is 664 g/mol. The molecule has 0 unspecified atom stereocenters. The Morgan fingerprint density at radius 3 is 1.26 bits per heavy atom. The summed E-state index contributed by atoms with van der Waals surface area (Å²) in [7, 11) is 0. The molecule has 0 saturated carbocycles. The summed E-state index contributed by atoms with van der Waals surface area (Å²) in [6.45, 7) is 4.71. The third-order valence-electron chi connectivity index (χ3n) is 4.12. The summed E-state index contributed by atoms with van der Waals surface area (Å²) in [6.07, 6.45) is 0. The smallest absolute Gasteiger partial charge is 0.0525 e. The van der Waals surface area contributed by atoms with E-state index in [0.717, 1.165) is 27.7 Å². The monoisotopic (exact) mass is 660 g/mol. The van der Waals surface area contributed by atoms with Crippen molar-refractivity contribution >= 4 is 87.2 Å². The van der Waals surface area contributed by atoms with E-state index in [0.29, 0.717) is 11.5 Å². The van der Waals surface area contributed by atoms with Gasteiger partial charge in [-0.3, -0.25) is 0 Å². The van der Waals surface area contributed by atoms with Gasteiger partial charge in [0.2, 0.25) is 0 Å². The van der Waals surface area contributed by atoms with Gasteiger partial charge in [0.05, 0.1) is 13.2 Å². The van der Waals surface area contributed by atoms with Crippen molar-refractivity contribution in [2.45, 2.75) is 29.1 Å². The highest BCUT2D eigenvalue weighted by Gasteiger charge is 2.27. The summed E-state index contributed by atoms with van der Waals surface area (Å²) < 4.78 is 4.08. The minimum absolute atomic E-state index is 0.152. The predicted octanol–water partition coefficient (Wildman–Crippen LogP) is 7.23. The van der Waals surface area contributed by atoms with Crippen molar-refractivity contribution in [1.29, 1.82) is 0 Å². The quantitative estimate of drug-likeness (QED) is 0.293. The lowest BCUT2D eigenvalue weighted by Crippen LogP contribution is -2.19. The molecule has 0 heterocycles. The summed E-state index contributed by atoms with van der Waals surface area (Å²) >= 11 is 18.0. The van der Waals surface area contributed by atoms with Crippen LogP contribution in [-0.2, 0) is 5.41 Å². The molecule has 0 spiro atoms. The van der Waals surface area contributed by atoms with Gasteiger partial charge in [-0.1, -0.05) is 13.8 Å². The molecule has 0 radical (unpaired) electrons. The second-order valence-corrected chi connectivity index (χ2v) is 11.9. The van der Waals surface area contributed by atoms with E-state index in [9.17, 15) is 0 Å². The van der Waals surface area contributed by atoms with Crippen molar-refractivity contribution in [3.05, 3.63) is 53.3 Å². The Morgan fingerprint density at radius 2 is 1.00 bits per heavy atom. The van der Waals surface area contributed by atoms with E-state index in [2.05, 4.69) is 102 Å². The molecule has 0 aromatic heterocycles. The SMILES string of the molecule is CC(C)(c1cc(Br)c(SCCO)c(Br)c1)c1cc(Br)c(SCCO)c(Br)c1. The van der Waals surface area contributed by atoms with Crippen LogP contribution >= 0.6 is 87.2 Å². The van der Waals surface area contributed by atoms with Crippen LogP contribution in [0.3, 0.4) is 0 Å². The van der Waals surface area contributed by atoms with Crippen LogP contribution in [0.4, 0.5) is 0 Å². The van der Waals surface area contributed by atoms with Gasteiger partial charge in [-0.05, 0) is 99.1 Å². The first kappa shape index (κ1) is 24.3. The van der Waals surface area contributed by atoms with Gasteiger partial charge >= 0.3 is 0 Å². The molecule has 0 aliphatic carbocycles. The number of thioether (sulfide) groups is 2. The number of aliphatic hydroxyl groups is 2. The van der Waals surface area contributed by atoms with Crippen molar-refractivity contribution < 1.29 is 10.2 Å². The average Bonchev–Trinajstić information content (AvgIpc) is 2.60. The molecule has 148 valence electrons. The zero-order chi connectivity index (χ0) is 20.2. The highest BCUT2D eigenvalue weighted by molar-refractivity contribution is 9.11. The first-order valence-electron chi connectivity index (χ1n) is 8.18. The molecule has 0 saturated heterocycles. The molecule has 2 N–H and O–H groups in total. The summed E-state index contributed by atoms with van der Waals surface area (Å²) in [6, 6.07) is 8.61. The number of benzene rings is 2. The van der Waals surface area contributed by atoms with Gasteiger partial charge in [-0.2, -0.15) is 0 Å². The van der Waals surface area contributed by atoms with Crippen LogP contribution in [0.5, 0.6) is 0 Å². The lowest BCUT2D eigenvalue weighted by Gasteiger charge is -2.28. The molecule has 27 heavy (non-hydrogen) atoms. The predicted molar refractivity (Wildman–Crippen MR) is 131 cm³/mol. The number of halogens is 4. The second-order valence-electron chi connectivity index (χ2n) is 6.31. The standard InChI is InChI=1S/C19H20Br4O2S2/c1-19(2,11-7-13(20)17(14(21)8-11)26-5-3-24)12-9-15(22)18(16(23)10-12)27-6-4-25/h7-10,24-25H,3-6H2,1-2H3. The van der Waals surface area contributed by atoms with Crippen LogP contribution in [0.1, 0.15) is 25.0 Å². The largest absolute Gasteiger partial charge is 0.396 e. The minimum Gasteiger partial charge on any atom is -0.396 e. The highest BCUT2D eigenvalue weighted by atomic mass is 79.9. The fourth-order valence-electron chi connectivity index (χ4n) is 2.58. The van der Waals surface area contributed by atoms with E-state index in [1.165, 1.54) is 11.1 Å². The van der Waals surface area contributed by atoms with Crippen LogP contribution < -0.4 is 0 Å². The Morgan fingerprint density at radius 1 is 0.704 bits per heavy atom. The van der Waals surface area contributed by atoms with Crippen molar-refractivity contribution in [3.63, 3.8) is 0 Å². The molecule has 2 rings (SSSR count). The second kappa shape index (κ2) is 10.8. The fraction of sp³-hybridized carbons (Fsp3) is 0.368.